The Kier molecular flexibility index (Phi) is 5.40. The van der Waals surface area contributed by atoms with Gasteiger partial charge >= 0.3 is 0 Å². The van der Waals surface area contributed by atoms with Crippen LogP contribution >= 0.6 is 11.6 Å². The first-order valence-electron chi connectivity index (χ1n) is 7.92. The van der Waals surface area contributed by atoms with Gasteiger partial charge in [0.15, 0.2) is 5.76 Å². The zero-order valence-electron chi connectivity index (χ0n) is 13.7. The fourth-order valence-electron chi connectivity index (χ4n) is 2.34. The molecule has 25 heavy (non-hydrogen) atoms. The van der Waals surface area contributed by atoms with Crippen molar-refractivity contribution in [2.75, 3.05) is 0 Å². The number of amides is 1. The van der Waals surface area contributed by atoms with E-state index in [-0.39, 0.29) is 18.3 Å². The van der Waals surface area contributed by atoms with E-state index >= 15 is 0 Å². The number of benzene rings is 1. The molecule has 2 heterocycles. The number of aryl methyl sites for hydroxylation is 1. The van der Waals surface area contributed by atoms with Crippen molar-refractivity contribution in [3.63, 3.8) is 0 Å². The third-order valence-electron chi connectivity index (χ3n) is 3.63. The summed E-state index contributed by atoms with van der Waals surface area (Å²) in [6, 6.07) is 12.4. The number of carbonyl (C=O) groups excluding carboxylic acids is 1. The molecule has 3 rings (SSSR count). The molecule has 1 N–H and O–H groups in total. The summed E-state index contributed by atoms with van der Waals surface area (Å²) < 4.78 is 13.0. The standard InChI is InChI=1S/C18H18ClN3O3/c1-2-22-13(9-10-21-22)11-20-18(23)17-8-7-14(25-17)12-24-16-6-4-3-5-15(16)19/h3-10H,2,11-12H2,1H3,(H,20,23). The molecule has 0 unspecified atom stereocenters. The normalized spacial score (nSPS) is 10.6. The first-order chi connectivity index (χ1) is 12.2. The van der Waals surface area contributed by atoms with Crippen molar-refractivity contribution in [2.24, 2.45) is 0 Å². The van der Waals surface area contributed by atoms with Crippen molar-refractivity contribution < 1.29 is 13.9 Å². The van der Waals surface area contributed by atoms with E-state index in [1.54, 1.807) is 30.5 Å². The van der Waals surface area contributed by atoms with Gasteiger partial charge in [0.05, 0.1) is 17.3 Å². The van der Waals surface area contributed by atoms with E-state index in [2.05, 4.69) is 10.4 Å². The van der Waals surface area contributed by atoms with E-state index in [1.165, 1.54) is 0 Å². The number of para-hydroxylation sites is 1. The Bertz CT molecular complexity index is 857. The summed E-state index contributed by atoms with van der Waals surface area (Å²) in [5.74, 6) is 1.07. The van der Waals surface area contributed by atoms with Gasteiger partial charge in [-0.15, -0.1) is 0 Å². The van der Waals surface area contributed by atoms with Crippen molar-refractivity contribution in [2.45, 2.75) is 26.6 Å². The molecule has 2 aromatic heterocycles. The van der Waals surface area contributed by atoms with Crippen LogP contribution in [0.25, 0.3) is 0 Å². The number of halogens is 1. The van der Waals surface area contributed by atoms with Crippen molar-refractivity contribution in [3.05, 3.63) is 70.9 Å². The summed E-state index contributed by atoms with van der Waals surface area (Å²) in [7, 11) is 0. The van der Waals surface area contributed by atoms with Crippen molar-refractivity contribution >= 4 is 17.5 Å². The second kappa shape index (κ2) is 7.90. The second-order valence-corrected chi connectivity index (χ2v) is 5.71. The van der Waals surface area contributed by atoms with Gasteiger partial charge in [-0.05, 0) is 37.3 Å². The highest BCUT2D eigenvalue weighted by atomic mass is 35.5. The monoisotopic (exact) mass is 359 g/mol. The van der Waals surface area contributed by atoms with Gasteiger partial charge in [-0.2, -0.15) is 5.10 Å². The van der Waals surface area contributed by atoms with E-state index in [9.17, 15) is 4.79 Å². The van der Waals surface area contributed by atoms with E-state index in [4.69, 9.17) is 20.8 Å². The molecule has 0 fully saturated rings. The van der Waals surface area contributed by atoms with Crippen LogP contribution in [-0.2, 0) is 19.7 Å². The minimum Gasteiger partial charge on any atom is -0.484 e. The molecule has 0 saturated carbocycles. The maximum absolute atomic E-state index is 12.2. The zero-order chi connectivity index (χ0) is 17.6. The average molecular weight is 360 g/mol. The summed E-state index contributed by atoms with van der Waals surface area (Å²) in [6.45, 7) is 3.33. The van der Waals surface area contributed by atoms with Gasteiger partial charge in [-0.1, -0.05) is 23.7 Å². The van der Waals surface area contributed by atoms with Crippen LogP contribution in [0.5, 0.6) is 5.75 Å². The molecular weight excluding hydrogens is 342 g/mol. The minimum absolute atomic E-state index is 0.194. The number of nitrogens with one attached hydrogen (secondary N) is 1. The molecule has 0 bridgehead atoms. The second-order valence-electron chi connectivity index (χ2n) is 5.31. The molecule has 0 saturated heterocycles. The molecule has 0 spiro atoms. The molecule has 1 amide bonds. The minimum atomic E-state index is -0.284. The molecular formula is C18H18ClN3O3. The summed E-state index contributed by atoms with van der Waals surface area (Å²) in [5, 5.41) is 7.51. The molecule has 0 radical (unpaired) electrons. The fraction of sp³-hybridized carbons (Fsp3) is 0.222. The topological polar surface area (TPSA) is 69.3 Å². The van der Waals surface area contributed by atoms with Gasteiger partial charge in [0.1, 0.15) is 18.1 Å². The number of rotatable bonds is 7. The predicted octanol–water partition coefficient (Wildman–Crippen LogP) is 3.66. The number of furan rings is 1. The Morgan fingerprint density at radius 1 is 1.28 bits per heavy atom. The number of hydrogen-bond acceptors (Lipinski definition) is 4. The van der Waals surface area contributed by atoms with Gasteiger partial charge in [-0.25, -0.2) is 0 Å². The van der Waals surface area contributed by atoms with E-state index in [0.29, 0.717) is 23.1 Å². The van der Waals surface area contributed by atoms with E-state index < -0.39 is 0 Å². The van der Waals surface area contributed by atoms with Crippen molar-refractivity contribution in [1.29, 1.82) is 0 Å². The smallest absolute Gasteiger partial charge is 0.287 e. The molecule has 130 valence electrons. The van der Waals surface area contributed by atoms with Crippen LogP contribution in [0.4, 0.5) is 0 Å². The SMILES string of the molecule is CCn1nccc1CNC(=O)c1ccc(COc2ccccc2Cl)o1. The molecule has 1 aromatic carbocycles. The van der Waals surface area contributed by atoms with Crippen LogP contribution < -0.4 is 10.1 Å². The lowest BCUT2D eigenvalue weighted by Gasteiger charge is -2.06. The third-order valence-corrected chi connectivity index (χ3v) is 3.94. The van der Waals surface area contributed by atoms with Gasteiger partial charge in [0, 0.05) is 12.7 Å². The van der Waals surface area contributed by atoms with Crippen LogP contribution in [0.1, 0.15) is 28.9 Å². The number of ether oxygens (including phenoxy) is 1. The van der Waals surface area contributed by atoms with Gasteiger partial charge in [0.25, 0.3) is 5.91 Å². The lowest BCUT2D eigenvalue weighted by Crippen LogP contribution is -2.24. The summed E-state index contributed by atoms with van der Waals surface area (Å²) in [4.78, 5) is 12.2. The molecule has 0 aliphatic carbocycles. The molecule has 3 aromatic rings. The molecule has 0 aliphatic heterocycles. The first kappa shape index (κ1) is 17.1. The summed E-state index contributed by atoms with van der Waals surface area (Å²) in [6.07, 6.45) is 1.71. The third kappa shape index (κ3) is 4.22. The fourth-order valence-corrected chi connectivity index (χ4v) is 2.53. The average Bonchev–Trinajstić information content (AvgIpc) is 3.28. The summed E-state index contributed by atoms with van der Waals surface area (Å²) in [5.41, 5.74) is 0.935. The Balaban J connectivity index is 1.55. The maximum atomic E-state index is 12.2. The van der Waals surface area contributed by atoms with Crippen LogP contribution in [0.2, 0.25) is 5.02 Å². The predicted molar refractivity (Wildman–Crippen MR) is 93.6 cm³/mol. The van der Waals surface area contributed by atoms with Gasteiger partial charge < -0.3 is 14.5 Å². The van der Waals surface area contributed by atoms with Crippen molar-refractivity contribution in [3.8, 4) is 5.75 Å². The number of nitrogens with zero attached hydrogens (tertiary/aromatic N) is 2. The van der Waals surface area contributed by atoms with Gasteiger partial charge in [-0.3, -0.25) is 9.48 Å². The first-order valence-corrected chi connectivity index (χ1v) is 8.30. The highest BCUT2D eigenvalue weighted by molar-refractivity contribution is 6.32. The van der Waals surface area contributed by atoms with Crippen molar-refractivity contribution in [1.82, 2.24) is 15.1 Å². The Hall–Kier alpha value is -2.73. The van der Waals surface area contributed by atoms with Crippen LogP contribution in [0.3, 0.4) is 0 Å². The largest absolute Gasteiger partial charge is 0.484 e. The van der Waals surface area contributed by atoms with Crippen LogP contribution in [-0.4, -0.2) is 15.7 Å². The summed E-state index contributed by atoms with van der Waals surface area (Å²) >= 11 is 6.03. The quantitative estimate of drug-likeness (QED) is 0.699. The maximum Gasteiger partial charge on any atom is 0.287 e. The number of carbonyl (C=O) groups is 1. The zero-order valence-corrected chi connectivity index (χ0v) is 14.5. The highest BCUT2D eigenvalue weighted by Gasteiger charge is 2.12. The molecule has 0 atom stereocenters. The Morgan fingerprint density at radius 3 is 2.92 bits per heavy atom. The van der Waals surface area contributed by atoms with Crippen LogP contribution in [0.15, 0.2) is 53.1 Å². The van der Waals surface area contributed by atoms with E-state index in [1.807, 2.05) is 29.8 Å². The number of hydrogen-bond donors (Lipinski definition) is 1. The Labute approximate surface area is 150 Å². The number of aromatic nitrogens is 2. The Morgan fingerprint density at radius 2 is 2.12 bits per heavy atom. The molecule has 0 aliphatic rings. The molecule has 6 nitrogen and oxygen atoms in total. The lowest BCUT2D eigenvalue weighted by molar-refractivity contribution is 0.0918. The van der Waals surface area contributed by atoms with Crippen LogP contribution in [0, 0.1) is 0 Å². The lowest BCUT2D eigenvalue weighted by atomic mass is 10.3. The highest BCUT2D eigenvalue weighted by Crippen LogP contribution is 2.24. The molecule has 7 heteroatoms. The van der Waals surface area contributed by atoms with E-state index in [0.717, 1.165) is 12.2 Å². The van der Waals surface area contributed by atoms with Gasteiger partial charge in [0.2, 0.25) is 0 Å².